The molecule has 5 rings (SSSR count). The highest BCUT2D eigenvalue weighted by Crippen LogP contribution is 2.28. The van der Waals surface area contributed by atoms with E-state index in [-0.39, 0.29) is 5.41 Å². The molecule has 0 unspecified atom stereocenters. The molecule has 8 heteroatoms. The largest absolute Gasteiger partial charge is 0.296 e. The van der Waals surface area contributed by atoms with Crippen molar-refractivity contribution in [3.8, 4) is 0 Å². The standard InChI is InChI=1S/C21H26N8/c1-21(2,3)16-7-8-18-23-25-20(29(18)26-16)15-9-12-27(13-10-15)14-19-24-22-17-6-4-5-11-28(17)19/h4-8,11,15H,9-10,12-14H2,1-3H3. The summed E-state index contributed by atoms with van der Waals surface area (Å²) < 4.78 is 4.02. The van der Waals surface area contributed by atoms with E-state index in [9.17, 15) is 0 Å². The van der Waals surface area contributed by atoms with Crippen molar-refractivity contribution in [3.05, 3.63) is 53.9 Å². The fraction of sp³-hybridized carbons (Fsp3) is 0.476. The van der Waals surface area contributed by atoms with Gasteiger partial charge in [0.2, 0.25) is 0 Å². The molecule has 4 aromatic rings. The van der Waals surface area contributed by atoms with Crippen molar-refractivity contribution in [2.75, 3.05) is 13.1 Å². The normalized spacial score (nSPS) is 16.8. The van der Waals surface area contributed by atoms with Crippen LogP contribution >= 0.6 is 0 Å². The number of piperidine rings is 1. The first-order chi connectivity index (χ1) is 14.0. The average molecular weight is 390 g/mol. The molecule has 150 valence electrons. The maximum atomic E-state index is 4.85. The molecule has 1 saturated heterocycles. The van der Waals surface area contributed by atoms with Crippen LogP contribution in [0, 0.1) is 0 Å². The minimum Gasteiger partial charge on any atom is -0.296 e. The van der Waals surface area contributed by atoms with E-state index in [0.29, 0.717) is 5.92 Å². The van der Waals surface area contributed by atoms with Crippen molar-refractivity contribution in [1.82, 2.24) is 39.3 Å². The smallest absolute Gasteiger partial charge is 0.177 e. The van der Waals surface area contributed by atoms with Gasteiger partial charge in [0.05, 0.1) is 12.2 Å². The Labute approximate surface area is 169 Å². The number of pyridine rings is 1. The number of nitrogens with zero attached hydrogens (tertiary/aromatic N) is 8. The summed E-state index contributed by atoms with van der Waals surface area (Å²) >= 11 is 0. The Morgan fingerprint density at radius 1 is 0.931 bits per heavy atom. The number of aromatic nitrogens is 7. The van der Waals surface area contributed by atoms with Crippen LogP contribution in [0.3, 0.4) is 0 Å². The van der Waals surface area contributed by atoms with E-state index >= 15 is 0 Å². The Kier molecular flexibility index (Phi) is 4.31. The van der Waals surface area contributed by atoms with Gasteiger partial charge >= 0.3 is 0 Å². The van der Waals surface area contributed by atoms with Gasteiger partial charge in [-0.2, -0.15) is 9.61 Å². The molecule has 0 saturated carbocycles. The van der Waals surface area contributed by atoms with E-state index < -0.39 is 0 Å². The SMILES string of the molecule is CC(C)(C)c1ccc2nnc(C3CCN(Cc4nnc5ccccn45)CC3)n2n1. The number of rotatable bonds is 3. The predicted molar refractivity (Wildman–Crippen MR) is 110 cm³/mol. The summed E-state index contributed by atoms with van der Waals surface area (Å²) in [4.78, 5) is 2.44. The zero-order chi connectivity index (χ0) is 20.0. The van der Waals surface area contributed by atoms with Gasteiger partial charge in [-0.3, -0.25) is 9.30 Å². The minimum absolute atomic E-state index is 0.000110. The van der Waals surface area contributed by atoms with E-state index in [1.165, 1.54) is 0 Å². The molecule has 1 aliphatic rings. The number of fused-ring (bicyclic) bond motifs is 2. The molecule has 4 aromatic heterocycles. The molecule has 1 fully saturated rings. The van der Waals surface area contributed by atoms with E-state index in [4.69, 9.17) is 5.10 Å². The molecule has 0 radical (unpaired) electrons. The first-order valence-corrected chi connectivity index (χ1v) is 10.2. The van der Waals surface area contributed by atoms with Gasteiger partial charge in [-0.15, -0.1) is 20.4 Å². The van der Waals surface area contributed by atoms with Crippen LogP contribution in [0.2, 0.25) is 0 Å². The lowest BCUT2D eigenvalue weighted by molar-refractivity contribution is 0.196. The van der Waals surface area contributed by atoms with E-state index in [2.05, 4.69) is 56.5 Å². The Hall–Kier alpha value is -2.87. The van der Waals surface area contributed by atoms with Crippen molar-refractivity contribution < 1.29 is 0 Å². The van der Waals surface area contributed by atoms with E-state index in [1.807, 2.05) is 35.0 Å². The summed E-state index contributed by atoms with van der Waals surface area (Å²) in [5.74, 6) is 2.35. The van der Waals surface area contributed by atoms with E-state index in [0.717, 1.165) is 61.1 Å². The topological polar surface area (TPSA) is 76.5 Å². The lowest BCUT2D eigenvalue weighted by Crippen LogP contribution is -2.33. The van der Waals surface area contributed by atoms with Crippen molar-refractivity contribution in [2.45, 2.75) is 51.5 Å². The lowest BCUT2D eigenvalue weighted by atomic mass is 9.92. The van der Waals surface area contributed by atoms with Gasteiger partial charge in [-0.05, 0) is 50.2 Å². The molecule has 0 aliphatic carbocycles. The molecule has 0 bridgehead atoms. The Morgan fingerprint density at radius 2 is 1.72 bits per heavy atom. The highest BCUT2D eigenvalue weighted by Gasteiger charge is 2.26. The molecule has 1 aliphatic heterocycles. The van der Waals surface area contributed by atoms with Crippen molar-refractivity contribution in [1.29, 1.82) is 0 Å². The zero-order valence-electron chi connectivity index (χ0n) is 17.2. The lowest BCUT2D eigenvalue weighted by Gasteiger charge is -2.30. The second-order valence-electron chi connectivity index (χ2n) is 8.89. The van der Waals surface area contributed by atoms with Crippen LogP contribution in [0.15, 0.2) is 36.5 Å². The van der Waals surface area contributed by atoms with Gasteiger partial charge in [0, 0.05) is 17.5 Å². The van der Waals surface area contributed by atoms with Crippen molar-refractivity contribution in [3.63, 3.8) is 0 Å². The third-order valence-electron chi connectivity index (χ3n) is 5.76. The average Bonchev–Trinajstić information content (AvgIpc) is 3.32. The maximum Gasteiger partial charge on any atom is 0.177 e. The van der Waals surface area contributed by atoms with E-state index in [1.54, 1.807) is 0 Å². The Balaban J connectivity index is 1.32. The predicted octanol–water partition coefficient (Wildman–Crippen LogP) is 2.84. The van der Waals surface area contributed by atoms with Crippen LogP contribution in [0.5, 0.6) is 0 Å². The quantitative estimate of drug-likeness (QED) is 0.535. The highest BCUT2D eigenvalue weighted by atomic mass is 15.4. The Bertz CT molecular complexity index is 1140. The second kappa shape index (κ2) is 6.88. The Morgan fingerprint density at radius 3 is 2.52 bits per heavy atom. The fourth-order valence-corrected chi connectivity index (χ4v) is 4.01. The van der Waals surface area contributed by atoms with Crippen LogP contribution in [-0.4, -0.2) is 52.4 Å². The number of hydrogen-bond donors (Lipinski definition) is 0. The number of likely N-dealkylation sites (tertiary alicyclic amines) is 1. The van der Waals surface area contributed by atoms with Gasteiger partial charge in [0.1, 0.15) is 0 Å². The van der Waals surface area contributed by atoms with Gasteiger partial charge in [0.25, 0.3) is 0 Å². The monoisotopic (exact) mass is 390 g/mol. The van der Waals surface area contributed by atoms with Crippen LogP contribution in [0.25, 0.3) is 11.3 Å². The summed E-state index contributed by atoms with van der Waals surface area (Å²) in [6.45, 7) is 9.35. The van der Waals surface area contributed by atoms with Crippen molar-refractivity contribution in [2.24, 2.45) is 0 Å². The molecule has 0 amide bonds. The van der Waals surface area contributed by atoms with Gasteiger partial charge in [-0.1, -0.05) is 26.8 Å². The van der Waals surface area contributed by atoms with Gasteiger partial charge in [0.15, 0.2) is 22.9 Å². The summed E-state index contributed by atoms with van der Waals surface area (Å²) in [5.41, 5.74) is 2.78. The molecule has 8 nitrogen and oxygen atoms in total. The molecular formula is C21H26N8. The first-order valence-electron chi connectivity index (χ1n) is 10.2. The maximum absolute atomic E-state index is 4.85. The first kappa shape index (κ1) is 18.2. The van der Waals surface area contributed by atoms with Gasteiger partial charge in [-0.25, -0.2) is 0 Å². The minimum atomic E-state index is 0.000110. The summed E-state index contributed by atoms with van der Waals surface area (Å²) in [6.07, 6.45) is 4.11. The molecule has 0 atom stereocenters. The van der Waals surface area contributed by atoms with Crippen molar-refractivity contribution >= 4 is 11.3 Å². The van der Waals surface area contributed by atoms with Crippen LogP contribution in [0.4, 0.5) is 0 Å². The molecule has 29 heavy (non-hydrogen) atoms. The second-order valence-corrected chi connectivity index (χ2v) is 8.89. The fourth-order valence-electron chi connectivity index (χ4n) is 4.01. The van der Waals surface area contributed by atoms with Gasteiger partial charge < -0.3 is 0 Å². The molecule has 0 aromatic carbocycles. The number of hydrogen-bond acceptors (Lipinski definition) is 6. The summed E-state index contributed by atoms with van der Waals surface area (Å²) in [6, 6.07) is 10.1. The molecular weight excluding hydrogens is 364 g/mol. The molecule has 5 heterocycles. The van der Waals surface area contributed by atoms with Crippen LogP contribution in [-0.2, 0) is 12.0 Å². The third-order valence-corrected chi connectivity index (χ3v) is 5.76. The molecule has 0 N–H and O–H groups in total. The summed E-state index contributed by atoms with van der Waals surface area (Å²) in [7, 11) is 0. The van der Waals surface area contributed by atoms with Crippen LogP contribution in [0.1, 0.15) is 56.9 Å². The van der Waals surface area contributed by atoms with Crippen LogP contribution < -0.4 is 0 Å². The third kappa shape index (κ3) is 3.37. The highest BCUT2D eigenvalue weighted by molar-refractivity contribution is 5.38. The zero-order valence-corrected chi connectivity index (χ0v) is 17.2. The summed E-state index contributed by atoms with van der Waals surface area (Å²) in [5, 5.41) is 22.3. The molecule has 0 spiro atoms.